The maximum Gasteiger partial charge on any atom is 0.119 e. The molecule has 2 nitrogen and oxygen atoms in total. The van der Waals surface area contributed by atoms with E-state index in [0.29, 0.717) is 12.5 Å². The lowest BCUT2D eigenvalue weighted by molar-refractivity contribution is 0.0679. The number of ether oxygens (including phenoxy) is 2. The van der Waals surface area contributed by atoms with Crippen LogP contribution in [0.25, 0.3) is 0 Å². The molecular formula is C12H15ClO2. The summed E-state index contributed by atoms with van der Waals surface area (Å²) in [7, 11) is 0. The van der Waals surface area contributed by atoms with Crippen LogP contribution in [0.3, 0.4) is 0 Å². The molecule has 1 aromatic carbocycles. The summed E-state index contributed by atoms with van der Waals surface area (Å²) >= 11 is 5.70. The fourth-order valence-corrected chi connectivity index (χ4v) is 1.82. The van der Waals surface area contributed by atoms with Crippen LogP contribution in [0, 0.1) is 0 Å². The fourth-order valence-electron chi connectivity index (χ4n) is 1.64. The Morgan fingerprint density at radius 3 is 2.73 bits per heavy atom. The van der Waals surface area contributed by atoms with E-state index in [1.54, 1.807) is 0 Å². The van der Waals surface area contributed by atoms with Crippen molar-refractivity contribution in [2.75, 3.05) is 13.2 Å². The predicted octanol–water partition coefficient (Wildman–Crippen LogP) is 2.98. The van der Waals surface area contributed by atoms with Gasteiger partial charge in [0.05, 0.1) is 6.10 Å². The molecule has 82 valence electrons. The first-order chi connectivity index (χ1) is 7.38. The van der Waals surface area contributed by atoms with Crippen molar-refractivity contribution < 1.29 is 9.47 Å². The summed E-state index contributed by atoms with van der Waals surface area (Å²) in [5.41, 5.74) is 1.11. The third-order valence-electron chi connectivity index (χ3n) is 2.54. The Balaban J connectivity index is 1.82. The van der Waals surface area contributed by atoms with Crippen molar-refractivity contribution in [3.8, 4) is 5.75 Å². The molecule has 0 N–H and O–H groups in total. The Labute approximate surface area is 95.1 Å². The zero-order valence-electron chi connectivity index (χ0n) is 8.62. The molecule has 1 aliphatic heterocycles. The molecule has 0 radical (unpaired) electrons. The quantitative estimate of drug-likeness (QED) is 0.735. The number of hydrogen-bond acceptors (Lipinski definition) is 2. The summed E-state index contributed by atoms with van der Waals surface area (Å²) in [5.74, 6) is 1.44. The molecule has 1 fully saturated rings. The van der Waals surface area contributed by atoms with Crippen LogP contribution >= 0.6 is 11.6 Å². The summed E-state index contributed by atoms with van der Waals surface area (Å²) in [4.78, 5) is 0. The minimum Gasteiger partial charge on any atom is -0.491 e. The second-order valence-corrected chi connectivity index (χ2v) is 3.99. The molecule has 0 saturated carbocycles. The number of alkyl halides is 1. The minimum atomic E-state index is 0.276. The lowest BCUT2D eigenvalue weighted by atomic mass is 10.2. The highest BCUT2D eigenvalue weighted by Crippen LogP contribution is 2.17. The van der Waals surface area contributed by atoms with Crippen molar-refractivity contribution >= 4 is 11.6 Å². The van der Waals surface area contributed by atoms with Crippen molar-refractivity contribution in [1.82, 2.24) is 0 Å². The van der Waals surface area contributed by atoms with Gasteiger partial charge in [0, 0.05) is 12.5 Å². The van der Waals surface area contributed by atoms with Crippen LogP contribution in [0.15, 0.2) is 24.3 Å². The monoisotopic (exact) mass is 226 g/mol. The molecule has 0 amide bonds. The van der Waals surface area contributed by atoms with Crippen LogP contribution in [0.1, 0.15) is 18.4 Å². The summed E-state index contributed by atoms with van der Waals surface area (Å²) in [6.45, 7) is 1.53. The van der Waals surface area contributed by atoms with Crippen LogP contribution in [-0.2, 0) is 10.6 Å². The predicted molar refractivity (Wildman–Crippen MR) is 60.5 cm³/mol. The molecule has 15 heavy (non-hydrogen) atoms. The Kier molecular flexibility index (Phi) is 3.87. The molecule has 0 bridgehead atoms. The summed E-state index contributed by atoms with van der Waals surface area (Å²) < 4.78 is 11.1. The summed E-state index contributed by atoms with van der Waals surface area (Å²) in [5, 5.41) is 0. The van der Waals surface area contributed by atoms with E-state index >= 15 is 0 Å². The highest BCUT2D eigenvalue weighted by atomic mass is 35.5. The van der Waals surface area contributed by atoms with Crippen molar-refractivity contribution in [2.45, 2.75) is 24.8 Å². The normalized spacial score (nSPS) is 20.5. The maximum atomic E-state index is 5.70. The van der Waals surface area contributed by atoms with Gasteiger partial charge >= 0.3 is 0 Å². The number of benzene rings is 1. The first-order valence-electron chi connectivity index (χ1n) is 5.28. The van der Waals surface area contributed by atoms with Crippen LogP contribution < -0.4 is 4.74 Å². The summed E-state index contributed by atoms with van der Waals surface area (Å²) in [6, 6.07) is 7.87. The Hall–Kier alpha value is -0.730. The van der Waals surface area contributed by atoms with E-state index in [0.717, 1.165) is 30.8 Å². The molecule has 1 aliphatic rings. The number of hydrogen-bond donors (Lipinski definition) is 0. The van der Waals surface area contributed by atoms with Crippen LogP contribution in [-0.4, -0.2) is 19.3 Å². The highest BCUT2D eigenvalue weighted by molar-refractivity contribution is 6.17. The zero-order chi connectivity index (χ0) is 10.5. The van der Waals surface area contributed by atoms with E-state index < -0.39 is 0 Å². The van der Waals surface area contributed by atoms with E-state index in [4.69, 9.17) is 21.1 Å². The van der Waals surface area contributed by atoms with E-state index in [9.17, 15) is 0 Å². The molecule has 1 unspecified atom stereocenters. The second kappa shape index (κ2) is 5.38. The number of rotatable bonds is 4. The molecule has 1 saturated heterocycles. The van der Waals surface area contributed by atoms with Gasteiger partial charge < -0.3 is 9.47 Å². The Morgan fingerprint density at radius 1 is 1.33 bits per heavy atom. The van der Waals surface area contributed by atoms with Gasteiger partial charge in [-0.3, -0.25) is 0 Å². The van der Waals surface area contributed by atoms with Gasteiger partial charge in [0.25, 0.3) is 0 Å². The Bertz CT molecular complexity index is 291. The molecular weight excluding hydrogens is 212 g/mol. The van der Waals surface area contributed by atoms with Gasteiger partial charge in [-0.05, 0) is 30.5 Å². The van der Waals surface area contributed by atoms with Crippen LogP contribution in [0.4, 0.5) is 0 Å². The van der Waals surface area contributed by atoms with Gasteiger partial charge in [0.1, 0.15) is 12.4 Å². The van der Waals surface area contributed by atoms with Crippen molar-refractivity contribution in [1.29, 1.82) is 0 Å². The van der Waals surface area contributed by atoms with Gasteiger partial charge in [-0.1, -0.05) is 12.1 Å². The third kappa shape index (κ3) is 3.11. The smallest absolute Gasteiger partial charge is 0.119 e. The SMILES string of the molecule is ClCc1ccc(OCC2CCCO2)cc1. The van der Waals surface area contributed by atoms with Gasteiger partial charge in [0.2, 0.25) is 0 Å². The first-order valence-corrected chi connectivity index (χ1v) is 5.81. The van der Waals surface area contributed by atoms with E-state index in [-0.39, 0.29) is 6.10 Å². The zero-order valence-corrected chi connectivity index (χ0v) is 9.37. The lowest BCUT2D eigenvalue weighted by Gasteiger charge is -2.11. The van der Waals surface area contributed by atoms with Crippen LogP contribution in [0.2, 0.25) is 0 Å². The standard InChI is InChI=1S/C12H15ClO2/c13-8-10-3-5-11(6-4-10)15-9-12-2-1-7-14-12/h3-6,12H,1-2,7-9H2. The molecule has 1 heterocycles. The average Bonchev–Trinajstić information content (AvgIpc) is 2.80. The van der Waals surface area contributed by atoms with Crippen molar-refractivity contribution in [2.24, 2.45) is 0 Å². The topological polar surface area (TPSA) is 18.5 Å². The Morgan fingerprint density at radius 2 is 2.13 bits per heavy atom. The van der Waals surface area contributed by atoms with Crippen LogP contribution in [0.5, 0.6) is 5.75 Å². The lowest BCUT2D eigenvalue weighted by Crippen LogP contribution is -2.16. The van der Waals surface area contributed by atoms with E-state index in [1.807, 2.05) is 24.3 Å². The number of halogens is 1. The molecule has 1 atom stereocenters. The molecule has 0 aromatic heterocycles. The van der Waals surface area contributed by atoms with Crippen molar-refractivity contribution in [3.63, 3.8) is 0 Å². The van der Waals surface area contributed by atoms with E-state index in [2.05, 4.69) is 0 Å². The largest absolute Gasteiger partial charge is 0.491 e. The van der Waals surface area contributed by atoms with Gasteiger partial charge in [-0.15, -0.1) is 11.6 Å². The molecule has 3 heteroatoms. The van der Waals surface area contributed by atoms with Gasteiger partial charge in [-0.2, -0.15) is 0 Å². The fraction of sp³-hybridized carbons (Fsp3) is 0.500. The second-order valence-electron chi connectivity index (χ2n) is 3.72. The van der Waals surface area contributed by atoms with E-state index in [1.165, 1.54) is 0 Å². The molecule has 1 aromatic rings. The third-order valence-corrected chi connectivity index (χ3v) is 2.85. The average molecular weight is 227 g/mol. The molecule has 0 aliphatic carbocycles. The first kappa shape index (κ1) is 10.8. The minimum absolute atomic E-state index is 0.276. The summed E-state index contributed by atoms with van der Waals surface area (Å²) in [6.07, 6.45) is 2.54. The maximum absolute atomic E-state index is 5.70. The van der Waals surface area contributed by atoms with Gasteiger partial charge in [-0.25, -0.2) is 0 Å². The molecule has 0 spiro atoms. The van der Waals surface area contributed by atoms with Crippen molar-refractivity contribution in [3.05, 3.63) is 29.8 Å². The van der Waals surface area contributed by atoms with Gasteiger partial charge in [0.15, 0.2) is 0 Å². The highest BCUT2D eigenvalue weighted by Gasteiger charge is 2.15. The molecule has 2 rings (SSSR count).